The summed E-state index contributed by atoms with van der Waals surface area (Å²) in [4.78, 5) is 44.3. The number of hydrogen-bond donors (Lipinski definition) is 2. The van der Waals surface area contributed by atoms with E-state index in [2.05, 4.69) is 24.6 Å². The molecule has 9 heteroatoms. The van der Waals surface area contributed by atoms with Gasteiger partial charge in [-0.15, -0.1) is 0 Å². The first-order valence-electron chi connectivity index (χ1n) is 13.5. The Kier molecular flexibility index (Phi) is 7.56. The molecule has 0 aromatic heterocycles. The summed E-state index contributed by atoms with van der Waals surface area (Å²) in [6.45, 7) is 5.47. The number of carbonyl (C=O) groups excluding carboxylic acids is 3. The fourth-order valence-corrected chi connectivity index (χ4v) is 5.82. The number of urea groups is 1. The van der Waals surface area contributed by atoms with Gasteiger partial charge in [-0.05, 0) is 48.4 Å². The van der Waals surface area contributed by atoms with E-state index in [1.807, 2.05) is 54.6 Å². The fraction of sp³-hybridized carbons (Fsp3) is 0.483. The van der Waals surface area contributed by atoms with Gasteiger partial charge >= 0.3 is 6.03 Å². The standard InChI is InChI=1S/C29H37N5O4/c1-19(2)16-30-26(35)22-12-13-24-25(15-22)34-28(32(27(24)36)17-20-8-5-4-6-9-20)31-33(29(34)37)18-21-10-7-11-23(14-21)38-3/h4-11,14,19,22,24-25,28,31H,12-13,15-18H2,1-3H3,(H,30,35). The van der Waals surface area contributed by atoms with Crippen LogP contribution in [-0.2, 0) is 22.7 Å². The maximum atomic E-state index is 13.9. The van der Waals surface area contributed by atoms with E-state index < -0.39 is 6.29 Å². The molecule has 2 saturated heterocycles. The lowest BCUT2D eigenvalue weighted by Gasteiger charge is -2.49. The SMILES string of the molecule is COc1cccc(CN2NC3N(Cc4ccccc4)C(=O)C4CCC(C(=O)NCC(C)C)CC4N3C2=O)c1. The number of nitrogens with one attached hydrogen (secondary N) is 2. The largest absolute Gasteiger partial charge is 0.497 e. The van der Waals surface area contributed by atoms with Gasteiger partial charge in [-0.3, -0.25) is 19.5 Å². The van der Waals surface area contributed by atoms with Gasteiger partial charge in [-0.2, -0.15) is 5.43 Å². The molecule has 4 atom stereocenters. The molecule has 5 rings (SSSR count). The molecule has 2 aromatic rings. The zero-order chi connectivity index (χ0) is 26.8. The summed E-state index contributed by atoms with van der Waals surface area (Å²) in [5.41, 5.74) is 5.24. The van der Waals surface area contributed by atoms with Crippen molar-refractivity contribution in [1.29, 1.82) is 0 Å². The lowest BCUT2D eigenvalue weighted by Crippen LogP contribution is -2.66. The van der Waals surface area contributed by atoms with Gasteiger partial charge in [0.05, 0.1) is 19.6 Å². The third kappa shape index (κ3) is 5.20. The molecule has 0 bridgehead atoms. The van der Waals surface area contributed by atoms with Crippen molar-refractivity contribution >= 4 is 17.8 Å². The number of fused-ring (bicyclic) bond motifs is 3. The van der Waals surface area contributed by atoms with Gasteiger partial charge in [0.15, 0.2) is 6.29 Å². The van der Waals surface area contributed by atoms with Crippen LogP contribution in [0.1, 0.15) is 44.2 Å². The smallest absolute Gasteiger partial charge is 0.337 e. The average Bonchev–Trinajstić information content (AvgIpc) is 3.25. The number of hydrogen-bond acceptors (Lipinski definition) is 5. The Bertz CT molecular complexity index is 1170. The van der Waals surface area contributed by atoms with Gasteiger partial charge in [0.25, 0.3) is 0 Å². The van der Waals surface area contributed by atoms with E-state index in [0.29, 0.717) is 44.8 Å². The number of amides is 4. The molecule has 2 heterocycles. The summed E-state index contributed by atoms with van der Waals surface area (Å²) in [6.07, 6.45) is 1.10. The fourth-order valence-electron chi connectivity index (χ4n) is 5.82. The Morgan fingerprint density at radius 2 is 1.82 bits per heavy atom. The van der Waals surface area contributed by atoms with Gasteiger partial charge in [0, 0.05) is 25.0 Å². The van der Waals surface area contributed by atoms with Crippen molar-refractivity contribution in [3.8, 4) is 5.75 Å². The summed E-state index contributed by atoms with van der Waals surface area (Å²) in [5, 5.41) is 4.63. The van der Waals surface area contributed by atoms with Crippen LogP contribution >= 0.6 is 0 Å². The first kappa shape index (κ1) is 26.0. The van der Waals surface area contributed by atoms with Gasteiger partial charge in [-0.1, -0.05) is 56.3 Å². The molecular weight excluding hydrogens is 482 g/mol. The van der Waals surface area contributed by atoms with Crippen molar-refractivity contribution in [3.63, 3.8) is 0 Å². The van der Waals surface area contributed by atoms with Gasteiger partial charge in [0.2, 0.25) is 11.8 Å². The van der Waals surface area contributed by atoms with E-state index in [0.717, 1.165) is 16.9 Å². The van der Waals surface area contributed by atoms with Crippen LogP contribution in [-0.4, -0.2) is 58.6 Å². The Balaban J connectivity index is 1.41. The predicted molar refractivity (Wildman–Crippen MR) is 142 cm³/mol. The molecule has 2 aromatic carbocycles. The molecule has 0 spiro atoms. The Hall–Kier alpha value is -3.59. The van der Waals surface area contributed by atoms with Crippen molar-refractivity contribution in [1.82, 2.24) is 25.6 Å². The molecule has 4 unspecified atom stereocenters. The van der Waals surface area contributed by atoms with Crippen LogP contribution in [0.5, 0.6) is 5.75 Å². The van der Waals surface area contributed by atoms with E-state index in [4.69, 9.17) is 4.74 Å². The third-order valence-corrected chi connectivity index (χ3v) is 7.78. The zero-order valence-corrected chi connectivity index (χ0v) is 22.3. The van der Waals surface area contributed by atoms with E-state index >= 15 is 0 Å². The molecule has 4 amide bonds. The second-order valence-electron chi connectivity index (χ2n) is 10.9. The third-order valence-electron chi connectivity index (χ3n) is 7.78. The number of carbonyl (C=O) groups is 3. The second-order valence-corrected chi connectivity index (χ2v) is 10.9. The van der Waals surface area contributed by atoms with Gasteiger partial charge < -0.3 is 15.0 Å². The van der Waals surface area contributed by atoms with Crippen molar-refractivity contribution in [3.05, 3.63) is 65.7 Å². The summed E-state index contributed by atoms with van der Waals surface area (Å²) in [5.74, 6) is 0.578. The maximum absolute atomic E-state index is 13.9. The number of methoxy groups -OCH3 is 1. The van der Waals surface area contributed by atoms with E-state index in [9.17, 15) is 14.4 Å². The Labute approximate surface area is 224 Å². The van der Waals surface area contributed by atoms with Crippen LogP contribution < -0.4 is 15.5 Å². The van der Waals surface area contributed by atoms with Crippen molar-refractivity contribution < 1.29 is 19.1 Å². The highest BCUT2D eigenvalue weighted by molar-refractivity contribution is 5.87. The highest BCUT2D eigenvalue weighted by Crippen LogP contribution is 2.41. The number of ether oxygens (including phenoxy) is 1. The Morgan fingerprint density at radius 1 is 1.05 bits per heavy atom. The van der Waals surface area contributed by atoms with Crippen LogP contribution in [0.3, 0.4) is 0 Å². The van der Waals surface area contributed by atoms with Crippen LogP contribution in [0, 0.1) is 17.8 Å². The highest BCUT2D eigenvalue weighted by atomic mass is 16.5. The summed E-state index contributed by atoms with van der Waals surface area (Å²) < 4.78 is 5.35. The van der Waals surface area contributed by atoms with Gasteiger partial charge in [0.1, 0.15) is 5.75 Å². The van der Waals surface area contributed by atoms with Crippen molar-refractivity contribution in [2.75, 3.05) is 13.7 Å². The normalized spacial score (nSPS) is 24.9. The molecule has 1 aliphatic carbocycles. The molecule has 0 radical (unpaired) electrons. The number of nitrogens with zero attached hydrogens (tertiary/aromatic N) is 3. The maximum Gasteiger partial charge on any atom is 0.337 e. The first-order chi connectivity index (χ1) is 18.4. The molecule has 2 aliphatic heterocycles. The minimum absolute atomic E-state index is 0.0145. The predicted octanol–water partition coefficient (Wildman–Crippen LogP) is 3.32. The molecule has 3 aliphatic rings. The van der Waals surface area contributed by atoms with Gasteiger partial charge in [-0.25, -0.2) is 4.79 Å². The minimum atomic E-state index is -0.612. The summed E-state index contributed by atoms with van der Waals surface area (Å²) in [7, 11) is 1.61. The number of rotatable bonds is 8. The quantitative estimate of drug-likeness (QED) is 0.558. The van der Waals surface area contributed by atoms with Crippen LogP contribution in [0.25, 0.3) is 0 Å². The van der Waals surface area contributed by atoms with E-state index in [-0.39, 0.29) is 35.7 Å². The Morgan fingerprint density at radius 3 is 2.55 bits per heavy atom. The zero-order valence-electron chi connectivity index (χ0n) is 22.3. The molecule has 3 fully saturated rings. The molecule has 2 N–H and O–H groups in total. The van der Waals surface area contributed by atoms with Crippen molar-refractivity contribution in [2.45, 2.75) is 58.5 Å². The lowest BCUT2D eigenvalue weighted by atomic mass is 9.75. The number of benzene rings is 2. The monoisotopic (exact) mass is 519 g/mol. The summed E-state index contributed by atoms with van der Waals surface area (Å²) >= 11 is 0. The molecular formula is C29H37N5O4. The number of hydrazine groups is 1. The molecule has 38 heavy (non-hydrogen) atoms. The molecule has 9 nitrogen and oxygen atoms in total. The van der Waals surface area contributed by atoms with E-state index in [1.54, 1.807) is 21.9 Å². The lowest BCUT2D eigenvalue weighted by molar-refractivity contribution is -0.159. The first-order valence-corrected chi connectivity index (χ1v) is 13.5. The molecule has 1 saturated carbocycles. The average molecular weight is 520 g/mol. The van der Waals surface area contributed by atoms with Crippen LogP contribution in [0.15, 0.2) is 54.6 Å². The topological polar surface area (TPSA) is 94.2 Å². The summed E-state index contributed by atoms with van der Waals surface area (Å²) in [6, 6.07) is 16.9. The highest BCUT2D eigenvalue weighted by Gasteiger charge is 2.56. The van der Waals surface area contributed by atoms with Crippen LogP contribution in [0.2, 0.25) is 0 Å². The minimum Gasteiger partial charge on any atom is -0.497 e. The van der Waals surface area contributed by atoms with E-state index in [1.165, 1.54) is 0 Å². The van der Waals surface area contributed by atoms with Crippen molar-refractivity contribution in [2.24, 2.45) is 17.8 Å². The molecule has 202 valence electrons. The second kappa shape index (κ2) is 11.0. The van der Waals surface area contributed by atoms with Crippen LogP contribution in [0.4, 0.5) is 4.79 Å².